The van der Waals surface area contributed by atoms with Crippen molar-refractivity contribution >= 4 is 5.84 Å². The monoisotopic (exact) mass is 154 g/mol. The topological polar surface area (TPSA) is 27.1 Å². The molecular weight excluding hydrogens is 136 g/mol. The Balaban J connectivity index is 2.57. The van der Waals surface area contributed by atoms with E-state index < -0.39 is 0 Å². The van der Waals surface area contributed by atoms with Crippen LogP contribution in [0.3, 0.4) is 0 Å². The van der Waals surface area contributed by atoms with E-state index in [-0.39, 0.29) is 0 Å². The van der Waals surface area contributed by atoms with Gasteiger partial charge in [0.15, 0.2) is 0 Å². The molecule has 1 aliphatic rings. The summed E-state index contributed by atoms with van der Waals surface area (Å²) in [6.45, 7) is 7.46. The summed E-state index contributed by atoms with van der Waals surface area (Å²) in [6.07, 6.45) is 2.45. The van der Waals surface area contributed by atoms with Gasteiger partial charge in [-0.15, -0.1) is 0 Å². The first-order valence-electron chi connectivity index (χ1n) is 4.47. The Kier molecular flexibility index (Phi) is 2.53. The van der Waals surface area contributed by atoms with E-state index in [2.05, 4.69) is 18.7 Å². The molecule has 0 aromatic carbocycles. The zero-order valence-corrected chi connectivity index (χ0v) is 7.72. The van der Waals surface area contributed by atoms with Crippen molar-refractivity contribution in [1.82, 2.24) is 4.90 Å². The van der Waals surface area contributed by atoms with Crippen molar-refractivity contribution in [1.29, 1.82) is 5.41 Å². The van der Waals surface area contributed by atoms with E-state index in [1.165, 1.54) is 12.8 Å². The van der Waals surface area contributed by atoms with Crippen LogP contribution in [0.5, 0.6) is 0 Å². The highest BCUT2D eigenvalue weighted by Gasteiger charge is 2.27. The van der Waals surface area contributed by atoms with E-state index in [1.807, 2.05) is 6.92 Å². The Morgan fingerprint density at radius 2 is 2.27 bits per heavy atom. The smallest absolute Gasteiger partial charge is 0.0928 e. The number of hydrogen-bond donors (Lipinski definition) is 1. The Morgan fingerprint density at radius 3 is 2.64 bits per heavy atom. The maximum Gasteiger partial charge on any atom is 0.0928 e. The molecule has 1 N–H and O–H groups in total. The second kappa shape index (κ2) is 3.24. The fraction of sp³-hybridized carbons (Fsp3) is 0.889. The van der Waals surface area contributed by atoms with E-state index in [0.29, 0.717) is 6.04 Å². The number of nitrogens with one attached hydrogen (secondary N) is 1. The maximum atomic E-state index is 7.54. The molecule has 0 amide bonds. The van der Waals surface area contributed by atoms with Crippen LogP contribution in [0, 0.1) is 11.3 Å². The first-order chi connectivity index (χ1) is 5.15. The molecule has 1 saturated heterocycles. The summed E-state index contributed by atoms with van der Waals surface area (Å²) in [5.41, 5.74) is 0. The fourth-order valence-corrected chi connectivity index (χ4v) is 1.95. The third-order valence-corrected chi connectivity index (χ3v) is 2.53. The van der Waals surface area contributed by atoms with Crippen LogP contribution in [0.25, 0.3) is 0 Å². The van der Waals surface area contributed by atoms with Gasteiger partial charge in [0.2, 0.25) is 0 Å². The average Bonchev–Trinajstić information content (AvgIpc) is 2.30. The van der Waals surface area contributed by atoms with Gasteiger partial charge in [-0.3, -0.25) is 5.41 Å². The van der Waals surface area contributed by atoms with Gasteiger partial charge >= 0.3 is 0 Å². The summed E-state index contributed by atoms with van der Waals surface area (Å²) >= 11 is 0. The summed E-state index contributed by atoms with van der Waals surface area (Å²) in [5.74, 6) is 1.52. The Labute approximate surface area is 69.1 Å². The van der Waals surface area contributed by atoms with Gasteiger partial charge < -0.3 is 4.90 Å². The average molecular weight is 154 g/mol. The van der Waals surface area contributed by atoms with Gasteiger partial charge in [-0.1, -0.05) is 13.8 Å². The van der Waals surface area contributed by atoms with Crippen molar-refractivity contribution in [3.8, 4) is 0 Å². The molecule has 0 saturated carbocycles. The van der Waals surface area contributed by atoms with Gasteiger partial charge in [0.1, 0.15) is 0 Å². The van der Waals surface area contributed by atoms with Crippen molar-refractivity contribution < 1.29 is 0 Å². The molecule has 1 heterocycles. The van der Waals surface area contributed by atoms with Crippen molar-refractivity contribution in [3.05, 3.63) is 0 Å². The van der Waals surface area contributed by atoms with Crippen LogP contribution in [0.15, 0.2) is 0 Å². The zero-order valence-electron chi connectivity index (χ0n) is 7.72. The highest BCUT2D eigenvalue weighted by atomic mass is 15.2. The van der Waals surface area contributed by atoms with E-state index in [1.54, 1.807) is 0 Å². The molecule has 2 heteroatoms. The van der Waals surface area contributed by atoms with Crippen LogP contribution in [-0.2, 0) is 0 Å². The second-order valence-corrected chi connectivity index (χ2v) is 3.64. The lowest BCUT2D eigenvalue weighted by Crippen LogP contribution is -2.32. The van der Waals surface area contributed by atoms with Gasteiger partial charge in [0.25, 0.3) is 0 Å². The molecule has 0 radical (unpaired) electrons. The number of likely N-dealkylation sites (tertiary alicyclic amines) is 1. The predicted octanol–water partition coefficient (Wildman–Crippen LogP) is 2.10. The molecule has 11 heavy (non-hydrogen) atoms. The summed E-state index contributed by atoms with van der Waals surface area (Å²) in [6, 6.07) is 0.641. The molecule has 64 valence electrons. The fourth-order valence-electron chi connectivity index (χ4n) is 1.95. The molecule has 0 aliphatic carbocycles. The summed E-state index contributed by atoms with van der Waals surface area (Å²) < 4.78 is 0. The molecule has 2 atom stereocenters. The molecule has 0 spiro atoms. The minimum atomic E-state index is 0.641. The van der Waals surface area contributed by atoms with Crippen molar-refractivity contribution in [2.75, 3.05) is 6.54 Å². The highest BCUT2D eigenvalue weighted by Crippen LogP contribution is 2.24. The molecule has 1 rings (SSSR count). The van der Waals surface area contributed by atoms with Crippen LogP contribution >= 0.6 is 0 Å². The summed E-state index contributed by atoms with van der Waals surface area (Å²) in [7, 11) is 0. The van der Waals surface area contributed by atoms with Crippen LogP contribution in [-0.4, -0.2) is 23.3 Å². The minimum absolute atomic E-state index is 0.641. The Bertz CT molecular complexity index is 154. The Morgan fingerprint density at radius 1 is 1.64 bits per heavy atom. The normalized spacial score (nSPS) is 31.0. The lowest BCUT2D eigenvalue weighted by molar-refractivity contribution is 0.374. The van der Waals surface area contributed by atoms with Crippen molar-refractivity contribution in [3.63, 3.8) is 0 Å². The van der Waals surface area contributed by atoms with Crippen molar-refractivity contribution in [2.45, 2.75) is 39.7 Å². The third-order valence-electron chi connectivity index (χ3n) is 2.53. The highest BCUT2D eigenvalue weighted by molar-refractivity contribution is 5.76. The van der Waals surface area contributed by atoms with Crippen LogP contribution in [0.1, 0.15) is 33.6 Å². The molecule has 2 nitrogen and oxygen atoms in total. The minimum Gasteiger partial charge on any atom is -0.358 e. The van der Waals surface area contributed by atoms with Gasteiger partial charge in [0, 0.05) is 12.6 Å². The molecule has 2 unspecified atom stereocenters. The van der Waals surface area contributed by atoms with Gasteiger partial charge in [0.05, 0.1) is 5.84 Å². The molecule has 1 aliphatic heterocycles. The van der Waals surface area contributed by atoms with Crippen molar-refractivity contribution in [2.24, 2.45) is 5.92 Å². The first kappa shape index (κ1) is 8.57. The number of rotatable bonds is 1. The van der Waals surface area contributed by atoms with Gasteiger partial charge in [-0.05, 0) is 25.7 Å². The lowest BCUT2D eigenvalue weighted by atomic mass is 10.1. The molecule has 0 bridgehead atoms. The van der Waals surface area contributed by atoms with E-state index in [4.69, 9.17) is 5.41 Å². The quantitative estimate of drug-likeness (QED) is 0.454. The van der Waals surface area contributed by atoms with E-state index in [9.17, 15) is 0 Å². The van der Waals surface area contributed by atoms with E-state index in [0.717, 1.165) is 18.3 Å². The largest absolute Gasteiger partial charge is 0.358 e. The zero-order chi connectivity index (χ0) is 8.43. The van der Waals surface area contributed by atoms with E-state index >= 15 is 0 Å². The predicted molar refractivity (Wildman–Crippen MR) is 48.0 cm³/mol. The summed E-state index contributed by atoms with van der Waals surface area (Å²) in [4.78, 5) is 2.23. The molecule has 1 fully saturated rings. The Hall–Kier alpha value is -0.530. The molecule has 0 aromatic rings. The standard InChI is InChI=1S/C9H18N2/c1-4-9-5-7(2)6-11(9)8(3)10/h7,9-10H,4-6H2,1-3H3. The lowest BCUT2D eigenvalue weighted by Gasteiger charge is -2.23. The molecular formula is C9H18N2. The third kappa shape index (κ3) is 1.73. The number of nitrogens with zero attached hydrogens (tertiary/aromatic N) is 1. The molecule has 0 aromatic heterocycles. The van der Waals surface area contributed by atoms with Crippen LogP contribution in [0.4, 0.5) is 0 Å². The summed E-state index contributed by atoms with van der Waals surface area (Å²) in [5, 5.41) is 7.54. The van der Waals surface area contributed by atoms with Crippen LogP contribution in [0.2, 0.25) is 0 Å². The van der Waals surface area contributed by atoms with Crippen LogP contribution < -0.4 is 0 Å². The second-order valence-electron chi connectivity index (χ2n) is 3.64. The maximum absolute atomic E-state index is 7.54. The SMILES string of the molecule is CCC1CC(C)CN1C(C)=N. The number of amidine groups is 1. The van der Waals surface area contributed by atoms with Gasteiger partial charge in [-0.25, -0.2) is 0 Å². The number of hydrogen-bond acceptors (Lipinski definition) is 1. The van der Waals surface area contributed by atoms with Gasteiger partial charge in [-0.2, -0.15) is 0 Å². The first-order valence-corrected chi connectivity index (χ1v) is 4.47.